The smallest absolute Gasteiger partial charge is 0.329 e. The molecule has 98 valence electrons. The number of nitrogens with one attached hydrogen (secondary N) is 1. The maximum Gasteiger partial charge on any atom is 0.329 e. The van der Waals surface area contributed by atoms with Crippen LogP contribution in [0.25, 0.3) is 0 Å². The Hall–Kier alpha value is -1.85. The summed E-state index contributed by atoms with van der Waals surface area (Å²) in [6, 6.07) is 1.72. The second-order valence-electron chi connectivity index (χ2n) is 5.21. The number of aromatic amines is 1. The van der Waals surface area contributed by atoms with Crippen molar-refractivity contribution < 1.29 is 14.7 Å². The maximum absolute atomic E-state index is 12.1. The Morgan fingerprint density at radius 2 is 2.11 bits per heavy atom. The van der Waals surface area contributed by atoms with Crippen molar-refractivity contribution in [2.75, 3.05) is 7.05 Å². The van der Waals surface area contributed by atoms with Crippen LogP contribution in [0.4, 0.5) is 0 Å². The topological polar surface area (TPSA) is 86.3 Å². The van der Waals surface area contributed by atoms with Crippen molar-refractivity contribution in [2.24, 2.45) is 0 Å². The predicted molar refractivity (Wildman–Crippen MR) is 64.4 cm³/mol. The van der Waals surface area contributed by atoms with Crippen LogP contribution < -0.4 is 0 Å². The SMILES string of the molecule is CN(C(=O)c1cc(C2CC2)[nH]n1)C(C)(C)C(=O)O. The Morgan fingerprint density at radius 1 is 1.50 bits per heavy atom. The average Bonchev–Trinajstić information content (AvgIpc) is 3.05. The summed E-state index contributed by atoms with van der Waals surface area (Å²) in [7, 11) is 1.47. The van der Waals surface area contributed by atoms with Crippen LogP contribution in [0.2, 0.25) is 0 Å². The molecular formula is C12H17N3O3. The molecule has 1 aromatic heterocycles. The molecule has 1 heterocycles. The van der Waals surface area contributed by atoms with E-state index >= 15 is 0 Å². The van der Waals surface area contributed by atoms with Crippen LogP contribution in [0, 0.1) is 0 Å². The quantitative estimate of drug-likeness (QED) is 0.842. The van der Waals surface area contributed by atoms with E-state index in [1.807, 2.05) is 0 Å². The molecule has 0 aliphatic heterocycles. The summed E-state index contributed by atoms with van der Waals surface area (Å²) in [5.74, 6) is -0.946. The lowest BCUT2D eigenvalue weighted by molar-refractivity contribution is -0.147. The van der Waals surface area contributed by atoms with Crippen LogP contribution in [0.5, 0.6) is 0 Å². The molecule has 0 unspecified atom stereocenters. The second kappa shape index (κ2) is 4.12. The highest BCUT2D eigenvalue weighted by atomic mass is 16.4. The predicted octanol–water partition coefficient (Wildman–Crippen LogP) is 1.22. The largest absolute Gasteiger partial charge is 0.480 e. The van der Waals surface area contributed by atoms with Gasteiger partial charge in [0.1, 0.15) is 11.2 Å². The highest BCUT2D eigenvalue weighted by Gasteiger charge is 2.37. The fourth-order valence-corrected chi connectivity index (χ4v) is 1.62. The fourth-order valence-electron chi connectivity index (χ4n) is 1.62. The summed E-state index contributed by atoms with van der Waals surface area (Å²) < 4.78 is 0. The molecule has 0 atom stereocenters. The van der Waals surface area contributed by atoms with Crippen LogP contribution in [0.15, 0.2) is 6.07 Å². The second-order valence-corrected chi connectivity index (χ2v) is 5.21. The zero-order chi connectivity index (χ0) is 13.5. The molecule has 1 fully saturated rings. The molecule has 1 aliphatic rings. The number of hydrogen-bond acceptors (Lipinski definition) is 3. The van der Waals surface area contributed by atoms with Crippen molar-refractivity contribution in [3.63, 3.8) is 0 Å². The Labute approximate surface area is 105 Å². The van der Waals surface area contributed by atoms with Crippen molar-refractivity contribution in [3.05, 3.63) is 17.5 Å². The first-order valence-electron chi connectivity index (χ1n) is 5.91. The van der Waals surface area contributed by atoms with Crippen molar-refractivity contribution >= 4 is 11.9 Å². The number of carbonyl (C=O) groups excluding carboxylic acids is 1. The fraction of sp³-hybridized carbons (Fsp3) is 0.583. The van der Waals surface area contributed by atoms with E-state index in [9.17, 15) is 9.59 Å². The zero-order valence-electron chi connectivity index (χ0n) is 10.7. The van der Waals surface area contributed by atoms with Gasteiger partial charge in [0.05, 0.1) is 0 Å². The first-order valence-corrected chi connectivity index (χ1v) is 5.91. The van der Waals surface area contributed by atoms with Crippen molar-refractivity contribution in [2.45, 2.75) is 38.1 Å². The molecule has 0 saturated heterocycles. The summed E-state index contributed by atoms with van der Waals surface area (Å²) in [4.78, 5) is 24.4. The van der Waals surface area contributed by atoms with Gasteiger partial charge in [0.25, 0.3) is 5.91 Å². The molecule has 0 bridgehead atoms. The third kappa shape index (κ3) is 2.10. The molecule has 0 spiro atoms. The maximum atomic E-state index is 12.1. The highest BCUT2D eigenvalue weighted by molar-refractivity contribution is 5.96. The Balaban J connectivity index is 2.16. The Bertz CT molecular complexity index is 489. The van der Waals surface area contributed by atoms with E-state index in [0.29, 0.717) is 5.92 Å². The molecule has 1 aromatic rings. The third-order valence-corrected chi connectivity index (χ3v) is 3.50. The number of aromatic nitrogens is 2. The number of hydrogen-bond donors (Lipinski definition) is 2. The minimum Gasteiger partial charge on any atom is -0.480 e. The lowest BCUT2D eigenvalue weighted by Gasteiger charge is -2.30. The number of carboxylic acids is 1. The van der Waals surface area contributed by atoms with Gasteiger partial charge < -0.3 is 10.0 Å². The van der Waals surface area contributed by atoms with E-state index in [2.05, 4.69) is 10.2 Å². The molecule has 6 heteroatoms. The first-order chi connectivity index (χ1) is 8.34. The van der Waals surface area contributed by atoms with Gasteiger partial charge in [-0.2, -0.15) is 5.10 Å². The standard InChI is InChI=1S/C12H17N3O3/c1-12(2,11(17)18)15(3)10(16)9-6-8(13-14-9)7-4-5-7/h6-7H,4-5H2,1-3H3,(H,13,14)(H,17,18). The van der Waals surface area contributed by atoms with Gasteiger partial charge in [-0.25, -0.2) is 4.79 Å². The molecule has 2 N–H and O–H groups in total. The molecule has 1 amide bonds. The number of likely N-dealkylation sites (N-methyl/N-ethyl adjacent to an activating group) is 1. The molecule has 1 aliphatic carbocycles. The van der Waals surface area contributed by atoms with Crippen LogP contribution in [0.3, 0.4) is 0 Å². The summed E-state index contributed by atoms with van der Waals surface area (Å²) in [5.41, 5.74) is -0.0240. The van der Waals surface area contributed by atoms with Gasteiger partial charge in [-0.15, -0.1) is 0 Å². The number of carbonyl (C=O) groups is 2. The van der Waals surface area contributed by atoms with Gasteiger partial charge in [0.2, 0.25) is 0 Å². The van der Waals surface area contributed by atoms with Gasteiger partial charge in [0, 0.05) is 18.7 Å². The molecule has 18 heavy (non-hydrogen) atoms. The minimum absolute atomic E-state index is 0.272. The Kier molecular flexibility index (Phi) is 2.88. The first kappa shape index (κ1) is 12.6. The third-order valence-electron chi connectivity index (χ3n) is 3.50. The van der Waals surface area contributed by atoms with E-state index in [0.717, 1.165) is 18.5 Å². The molecule has 2 rings (SSSR count). The zero-order valence-corrected chi connectivity index (χ0v) is 10.7. The lowest BCUT2D eigenvalue weighted by Crippen LogP contribution is -2.50. The summed E-state index contributed by atoms with van der Waals surface area (Å²) in [5, 5.41) is 15.9. The monoisotopic (exact) mass is 251 g/mol. The van der Waals surface area contributed by atoms with Gasteiger partial charge in [0.15, 0.2) is 0 Å². The number of aliphatic carboxylic acids is 1. The van der Waals surface area contributed by atoms with Crippen molar-refractivity contribution in [3.8, 4) is 0 Å². The number of nitrogens with zero attached hydrogens (tertiary/aromatic N) is 2. The number of carboxylic acid groups (broad SMARTS) is 1. The van der Waals surface area contributed by atoms with Gasteiger partial charge in [-0.3, -0.25) is 9.89 Å². The highest BCUT2D eigenvalue weighted by Crippen LogP contribution is 2.39. The number of rotatable bonds is 4. The van der Waals surface area contributed by atoms with E-state index in [1.54, 1.807) is 6.07 Å². The van der Waals surface area contributed by atoms with Crippen LogP contribution in [-0.4, -0.2) is 44.7 Å². The molecule has 6 nitrogen and oxygen atoms in total. The minimum atomic E-state index is -1.25. The van der Waals surface area contributed by atoms with Gasteiger partial charge in [-0.05, 0) is 32.8 Å². The summed E-state index contributed by atoms with van der Waals surface area (Å²) in [6.45, 7) is 2.98. The normalized spacial score (nSPS) is 15.5. The van der Waals surface area contributed by atoms with Gasteiger partial charge >= 0.3 is 5.97 Å². The van der Waals surface area contributed by atoms with E-state index in [-0.39, 0.29) is 11.6 Å². The lowest BCUT2D eigenvalue weighted by atomic mass is 10.0. The van der Waals surface area contributed by atoms with E-state index in [1.165, 1.54) is 25.8 Å². The van der Waals surface area contributed by atoms with E-state index < -0.39 is 11.5 Å². The average molecular weight is 251 g/mol. The summed E-state index contributed by atoms with van der Waals surface area (Å²) in [6.07, 6.45) is 2.23. The molecule has 0 radical (unpaired) electrons. The number of amides is 1. The number of H-pyrrole nitrogens is 1. The van der Waals surface area contributed by atoms with Crippen LogP contribution in [-0.2, 0) is 4.79 Å². The van der Waals surface area contributed by atoms with E-state index in [4.69, 9.17) is 5.11 Å². The van der Waals surface area contributed by atoms with Gasteiger partial charge in [-0.1, -0.05) is 0 Å². The summed E-state index contributed by atoms with van der Waals surface area (Å²) >= 11 is 0. The molecule has 1 saturated carbocycles. The van der Waals surface area contributed by atoms with Crippen LogP contribution >= 0.6 is 0 Å². The van der Waals surface area contributed by atoms with Crippen molar-refractivity contribution in [1.82, 2.24) is 15.1 Å². The Morgan fingerprint density at radius 3 is 2.61 bits per heavy atom. The molecule has 0 aromatic carbocycles. The molecular weight excluding hydrogens is 234 g/mol. The van der Waals surface area contributed by atoms with Crippen LogP contribution in [0.1, 0.15) is 48.8 Å². The van der Waals surface area contributed by atoms with Crippen molar-refractivity contribution in [1.29, 1.82) is 0 Å².